The molecule has 0 spiro atoms. The molecule has 0 atom stereocenters. The molecular formula is C25H30N8O2. The molecule has 0 aliphatic rings. The minimum Gasteiger partial charge on any atom is -0.481 e. The molecule has 0 unspecified atom stereocenters. The smallest absolute Gasteiger partial charge is 0.221 e. The summed E-state index contributed by atoms with van der Waals surface area (Å²) in [5, 5.41) is 9.65. The zero-order chi connectivity index (χ0) is 25.2. The molecule has 0 aliphatic carbocycles. The first-order valence-electron chi connectivity index (χ1n) is 11.5. The van der Waals surface area contributed by atoms with Crippen LogP contribution in [0.3, 0.4) is 0 Å². The number of rotatable bonds is 4. The lowest BCUT2D eigenvalue weighted by atomic mass is 9.92. The standard InChI is InChI=1S/C25H30N8O2/c1-12-19(13(2)35-31-12)15-10-16-21(29-24(15)34-9)20-22(28-16)26-14(3)27-23(20)32(7)18-11-17(25(4,5)6)30-33(18)8/h10-11H,1-9H3,(H,26,27,28). The van der Waals surface area contributed by atoms with Crippen LogP contribution in [0, 0.1) is 20.8 Å². The SMILES string of the molecule is COc1nc2c(cc1-c1c(C)noc1C)[nH]c1nc(C)nc(N(C)c3cc(C(C)(C)C)nn3C)c12. The second-order valence-electron chi connectivity index (χ2n) is 9.90. The quantitative estimate of drug-likeness (QED) is 0.392. The monoisotopic (exact) mass is 474 g/mol. The average Bonchev–Trinajstić information content (AvgIpc) is 3.45. The van der Waals surface area contributed by atoms with E-state index in [1.165, 1.54) is 0 Å². The maximum Gasteiger partial charge on any atom is 0.221 e. The first kappa shape index (κ1) is 22.8. The van der Waals surface area contributed by atoms with Gasteiger partial charge in [0.05, 0.1) is 40.5 Å². The summed E-state index contributed by atoms with van der Waals surface area (Å²) in [4.78, 5) is 19.9. The second-order valence-corrected chi connectivity index (χ2v) is 9.90. The molecule has 10 heteroatoms. The van der Waals surface area contributed by atoms with Crippen LogP contribution in [0.2, 0.25) is 0 Å². The Balaban J connectivity index is 1.76. The maximum atomic E-state index is 5.71. The van der Waals surface area contributed by atoms with Gasteiger partial charge in [-0.25, -0.2) is 15.0 Å². The van der Waals surface area contributed by atoms with Gasteiger partial charge in [0.25, 0.3) is 0 Å². The molecule has 0 radical (unpaired) electrons. The normalized spacial score (nSPS) is 12.1. The van der Waals surface area contributed by atoms with Gasteiger partial charge in [0.15, 0.2) is 0 Å². The number of hydrogen-bond acceptors (Lipinski definition) is 8. The van der Waals surface area contributed by atoms with E-state index >= 15 is 0 Å². The van der Waals surface area contributed by atoms with Crippen LogP contribution in [0.1, 0.15) is 43.7 Å². The third-order valence-corrected chi connectivity index (χ3v) is 6.26. The summed E-state index contributed by atoms with van der Waals surface area (Å²) in [6.07, 6.45) is 0. The Bertz CT molecular complexity index is 1570. The fourth-order valence-electron chi connectivity index (χ4n) is 4.47. The van der Waals surface area contributed by atoms with Crippen LogP contribution in [0.5, 0.6) is 5.88 Å². The number of aryl methyl sites for hydroxylation is 4. The van der Waals surface area contributed by atoms with E-state index in [0.717, 1.165) is 50.6 Å². The highest BCUT2D eigenvalue weighted by Gasteiger charge is 2.25. The largest absolute Gasteiger partial charge is 0.481 e. The van der Waals surface area contributed by atoms with Gasteiger partial charge in [-0.05, 0) is 26.8 Å². The number of aromatic nitrogens is 7. The Labute approximate surface area is 203 Å². The molecule has 1 N–H and O–H groups in total. The Morgan fingerprint density at radius 3 is 2.43 bits per heavy atom. The van der Waals surface area contributed by atoms with Crippen molar-refractivity contribution in [3.8, 4) is 17.0 Å². The Morgan fingerprint density at radius 1 is 1.09 bits per heavy atom. The molecule has 0 bridgehead atoms. The molecule has 182 valence electrons. The topological polar surface area (TPSA) is 111 Å². The molecule has 0 fully saturated rings. The van der Waals surface area contributed by atoms with E-state index < -0.39 is 0 Å². The molecule has 0 saturated heterocycles. The minimum atomic E-state index is -0.0714. The van der Waals surface area contributed by atoms with Crippen molar-refractivity contribution in [1.29, 1.82) is 0 Å². The zero-order valence-electron chi connectivity index (χ0n) is 21.6. The first-order valence-corrected chi connectivity index (χ1v) is 11.5. The van der Waals surface area contributed by atoms with Crippen molar-refractivity contribution in [3.63, 3.8) is 0 Å². The van der Waals surface area contributed by atoms with Crippen molar-refractivity contribution in [3.05, 3.63) is 35.1 Å². The van der Waals surface area contributed by atoms with Gasteiger partial charge in [-0.3, -0.25) is 4.68 Å². The van der Waals surface area contributed by atoms with Crippen molar-refractivity contribution < 1.29 is 9.26 Å². The number of pyridine rings is 1. The lowest BCUT2D eigenvalue weighted by Gasteiger charge is -2.19. The summed E-state index contributed by atoms with van der Waals surface area (Å²) < 4.78 is 13.0. The molecule has 0 aliphatic heterocycles. The van der Waals surface area contributed by atoms with Crippen LogP contribution in [0.4, 0.5) is 11.6 Å². The Kier molecular flexibility index (Phi) is 5.08. The number of nitrogens with zero attached hydrogens (tertiary/aromatic N) is 7. The van der Waals surface area contributed by atoms with E-state index in [4.69, 9.17) is 24.3 Å². The molecule has 0 amide bonds. The van der Waals surface area contributed by atoms with Crippen LogP contribution in [0.25, 0.3) is 33.2 Å². The summed E-state index contributed by atoms with van der Waals surface area (Å²) in [6, 6.07) is 4.11. The predicted molar refractivity (Wildman–Crippen MR) is 135 cm³/mol. The number of anilines is 2. The number of H-pyrrole nitrogens is 1. The van der Waals surface area contributed by atoms with Crippen LogP contribution >= 0.6 is 0 Å². The Morgan fingerprint density at radius 2 is 1.83 bits per heavy atom. The molecule has 5 aromatic heterocycles. The number of hydrogen-bond donors (Lipinski definition) is 1. The molecule has 0 aromatic carbocycles. The number of fused-ring (bicyclic) bond motifs is 3. The lowest BCUT2D eigenvalue weighted by molar-refractivity contribution is 0.392. The van der Waals surface area contributed by atoms with Gasteiger partial charge in [-0.15, -0.1) is 0 Å². The van der Waals surface area contributed by atoms with E-state index in [-0.39, 0.29) is 5.41 Å². The van der Waals surface area contributed by atoms with Crippen molar-refractivity contribution in [2.45, 2.75) is 47.0 Å². The van der Waals surface area contributed by atoms with E-state index in [0.29, 0.717) is 23.1 Å². The Hall–Kier alpha value is -3.95. The first-order chi connectivity index (χ1) is 16.5. The third kappa shape index (κ3) is 3.60. The van der Waals surface area contributed by atoms with Gasteiger partial charge in [0.1, 0.15) is 34.4 Å². The van der Waals surface area contributed by atoms with Gasteiger partial charge in [-0.2, -0.15) is 5.10 Å². The summed E-state index contributed by atoms with van der Waals surface area (Å²) in [5.41, 5.74) is 5.66. The average molecular weight is 475 g/mol. The van der Waals surface area contributed by atoms with E-state index in [1.54, 1.807) is 7.11 Å². The van der Waals surface area contributed by atoms with Gasteiger partial charge >= 0.3 is 0 Å². The fourth-order valence-corrected chi connectivity index (χ4v) is 4.47. The molecule has 5 aromatic rings. The van der Waals surface area contributed by atoms with Gasteiger partial charge in [0, 0.05) is 25.6 Å². The molecule has 5 rings (SSSR count). The highest BCUT2D eigenvalue weighted by molar-refractivity contribution is 6.11. The molecule has 35 heavy (non-hydrogen) atoms. The van der Waals surface area contributed by atoms with E-state index in [1.807, 2.05) is 50.5 Å². The molecule has 10 nitrogen and oxygen atoms in total. The minimum absolute atomic E-state index is 0.0714. The number of nitrogens with one attached hydrogen (secondary N) is 1. The van der Waals surface area contributed by atoms with Gasteiger partial charge in [0.2, 0.25) is 5.88 Å². The predicted octanol–water partition coefficient (Wildman–Crippen LogP) is 4.89. The third-order valence-electron chi connectivity index (χ3n) is 6.26. The van der Waals surface area contributed by atoms with Gasteiger partial charge in [-0.1, -0.05) is 25.9 Å². The molecule has 0 saturated carbocycles. The van der Waals surface area contributed by atoms with Crippen molar-refractivity contribution in [1.82, 2.24) is 34.9 Å². The summed E-state index contributed by atoms with van der Waals surface area (Å²) >= 11 is 0. The summed E-state index contributed by atoms with van der Waals surface area (Å²) in [5.74, 6) is 3.50. The fraction of sp³-hybridized carbons (Fsp3) is 0.400. The van der Waals surface area contributed by atoms with Crippen molar-refractivity contribution in [2.75, 3.05) is 19.1 Å². The van der Waals surface area contributed by atoms with Crippen molar-refractivity contribution >= 4 is 33.7 Å². The van der Waals surface area contributed by atoms with Crippen LogP contribution in [-0.2, 0) is 12.5 Å². The maximum absolute atomic E-state index is 5.71. The van der Waals surface area contributed by atoms with E-state index in [2.05, 4.69) is 42.0 Å². The second kappa shape index (κ2) is 7.79. The van der Waals surface area contributed by atoms with Crippen LogP contribution < -0.4 is 9.64 Å². The van der Waals surface area contributed by atoms with E-state index in [9.17, 15) is 0 Å². The highest BCUT2D eigenvalue weighted by Crippen LogP contribution is 2.40. The van der Waals surface area contributed by atoms with Crippen molar-refractivity contribution in [2.24, 2.45) is 7.05 Å². The summed E-state index contributed by atoms with van der Waals surface area (Å²) in [6.45, 7) is 12.1. The molecule has 5 heterocycles. The highest BCUT2D eigenvalue weighted by atomic mass is 16.5. The number of methoxy groups -OCH3 is 1. The summed E-state index contributed by atoms with van der Waals surface area (Å²) in [7, 11) is 5.54. The molecular weight excluding hydrogens is 444 g/mol. The zero-order valence-corrected chi connectivity index (χ0v) is 21.6. The van der Waals surface area contributed by atoms with Gasteiger partial charge < -0.3 is 19.1 Å². The number of aromatic amines is 1. The van der Waals surface area contributed by atoms with Crippen LogP contribution in [0.15, 0.2) is 16.7 Å². The lowest BCUT2D eigenvalue weighted by Crippen LogP contribution is -2.16. The number of ether oxygens (including phenoxy) is 1. The van der Waals surface area contributed by atoms with Crippen LogP contribution in [-0.4, -0.2) is 49.0 Å².